The van der Waals surface area contributed by atoms with E-state index < -0.39 is 4.92 Å². The molecule has 0 aromatic carbocycles. The minimum absolute atomic E-state index is 0.0932. The molecule has 0 bridgehead atoms. The number of thioether (sulfide) groups is 1. The number of aliphatic hydroxyl groups excluding tert-OH is 1. The molecule has 0 aliphatic carbocycles. The lowest BCUT2D eigenvalue weighted by Gasteiger charge is -2.09. The van der Waals surface area contributed by atoms with Crippen molar-refractivity contribution in [1.29, 1.82) is 0 Å². The second-order valence-corrected chi connectivity index (χ2v) is 5.18. The number of nitro groups is 1. The molecule has 20 heavy (non-hydrogen) atoms. The van der Waals surface area contributed by atoms with Crippen LogP contribution in [0, 0.1) is 17.0 Å². The van der Waals surface area contributed by atoms with Crippen LogP contribution < -0.4 is 10.6 Å². The first-order valence-electron chi connectivity index (χ1n) is 6.23. The van der Waals surface area contributed by atoms with Crippen LogP contribution in [0.4, 0.5) is 17.5 Å². The van der Waals surface area contributed by atoms with E-state index in [1.165, 1.54) is 0 Å². The molecule has 3 N–H and O–H groups in total. The van der Waals surface area contributed by atoms with Gasteiger partial charge in [-0.2, -0.15) is 16.7 Å². The number of aryl methyl sites for hydroxylation is 1. The molecule has 0 saturated heterocycles. The lowest BCUT2D eigenvalue weighted by Crippen LogP contribution is -2.12. The van der Waals surface area contributed by atoms with E-state index in [2.05, 4.69) is 20.6 Å². The highest BCUT2D eigenvalue weighted by atomic mass is 32.2. The first-order chi connectivity index (χ1) is 9.60. The van der Waals surface area contributed by atoms with Crippen LogP contribution in [0.25, 0.3) is 0 Å². The highest BCUT2D eigenvalue weighted by Crippen LogP contribution is 2.26. The normalized spacial score (nSPS) is 10.3. The Morgan fingerprint density at radius 1 is 1.40 bits per heavy atom. The summed E-state index contributed by atoms with van der Waals surface area (Å²) >= 11 is 1.67. The second kappa shape index (κ2) is 8.54. The average Bonchev–Trinajstić information content (AvgIpc) is 2.41. The van der Waals surface area contributed by atoms with E-state index in [0.717, 1.165) is 17.9 Å². The van der Waals surface area contributed by atoms with Gasteiger partial charge in [-0.1, -0.05) is 0 Å². The van der Waals surface area contributed by atoms with Crippen molar-refractivity contribution in [2.75, 3.05) is 42.3 Å². The van der Waals surface area contributed by atoms with Crippen LogP contribution >= 0.6 is 11.8 Å². The van der Waals surface area contributed by atoms with Crippen molar-refractivity contribution >= 4 is 29.2 Å². The van der Waals surface area contributed by atoms with Crippen molar-refractivity contribution in [3.8, 4) is 0 Å². The zero-order valence-corrected chi connectivity index (χ0v) is 12.4. The molecule has 0 aliphatic heterocycles. The molecule has 0 radical (unpaired) electrons. The molecule has 0 aliphatic rings. The number of nitrogens with zero attached hydrogens (tertiary/aromatic N) is 3. The average molecular weight is 301 g/mol. The van der Waals surface area contributed by atoms with Crippen molar-refractivity contribution in [1.82, 2.24) is 9.97 Å². The summed E-state index contributed by atoms with van der Waals surface area (Å²) in [7, 11) is 1.66. The maximum Gasteiger partial charge on any atom is 0.332 e. The Labute approximate surface area is 121 Å². The smallest absolute Gasteiger partial charge is 0.332 e. The highest BCUT2D eigenvalue weighted by Gasteiger charge is 2.21. The summed E-state index contributed by atoms with van der Waals surface area (Å²) in [6.07, 6.45) is 0.751. The van der Waals surface area contributed by atoms with Crippen LogP contribution in [-0.2, 0) is 0 Å². The number of rotatable bonds is 9. The van der Waals surface area contributed by atoms with Crippen molar-refractivity contribution in [3.05, 3.63) is 15.8 Å². The minimum atomic E-state index is -0.476. The van der Waals surface area contributed by atoms with Gasteiger partial charge in [0.2, 0.25) is 11.8 Å². The third-order valence-electron chi connectivity index (χ3n) is 2.45. The Kier molecular flexibility index (Phi) is 7.02. The molecule has 0 saturated carbocycles. The van der Waals surface area contributed by atoms with Gasteiger partial charge in [-0.15, -0.1) is 0 Å². The Morgan fingerprint density at radius 3 is 2.75 bits per heavy atom. The van der Waals surface area contributed by atoms with E-state index in [-0.39, 0.29) is 18.1 Å². The van der Waals surface area contributed by atoms with Gasteiger partial charge in [-0.05, 0) is 19.1 Å². The number of nitrogens with one attached hydrogen (secondary N) is 2. The monoisotopic (exact) mass is 301 g/mol. The lowest BCUT2D eigenvalue weighted by atomic mass is 10.3. The summed E-state index contributed by atoms with van der Waals surface area (Å²) < 4.78 is 0. The van der Waals surface area contributed by atoms with E-state index in [1.54, 1.807) is 25.7 Å². The Hall–Kier alpha value is -1.61. The van der Waals surface area contributed by atoms with Gasteiger partial charge in [0.25, 0.3) is 0 Å². The van der Waals surface area contributed by atoms with E-state index in [1.807, 2.05) is 0 Å². The van der Waals surface area contributed by atoms with Crippen LogP contribution in [0.2, 0.25) is 0 Å². The topological polar surface area (TPSA) is 113 Å². The van der Waals surface area contributed by atoms with Gasteiger partial charge in [0.05, 0.1) is 4.92 Å². The summed E-state index contributed by atoms with van der Waals surface area (Å²) in [5.74, 6) is 2.23. The Balaban J connectivity index is 2.67. The lowest BCUT2D eigenvalue weighted by molar-refractivity contribution is -0.385. The summed E-state index contributed by atoms with van der Waals surface area (Å²) in [5, 5.41) is 25.5. The summed E-state index contributed by atoms with van der Waals surface area (Å²) in [5.41, 5.74) is 0.231. The number of aromatic nitrogens is 2. The van der Waals surface area contributed by atoms with E-state index in [0.29, 0.717) is 18.2 Å². The third-order valence-corrected chi connectivity index (χ3v) is 3.52. The van der Waals surface area contributed by atoms with Gasteiger partial charge in [-0.25, -0.2) is 4.98 Å². The predicted molar refractivity (Wildman–Crippen MR) is 80.5 cm³/mol. The number of hydrogen-bond acceptors (Lipinski definition) is 8. The maximum atomic E-state index is 11.0. The van der Waals surface area contributed by atoms with Crippen LogP contribution in [0.15, 0.2) is 0 Å². The molecule has 9 heteroatoms. The van der Waals surface area contributed by atoms with Gasteiger partial charge in [0.1, 0.15) is 5.69 Å². The first kappa shape index (κ1) is 16.4. The standard InChI is InChI=1S/C11H19N5O3S/c1-8-9(16(18)19)10(15-11(12-2)14-8)13-4-7-20-6-3-5-17/h17H,3-7H2,1-2H3,(H2,12,13,14,15). The van der Waals surface area contributed by atoms with Gasteiger partial charge < -0.3 is 15.7 Å². The Bertz CT molecular complexity index is 458. The zero-order valence-electron chi connectivity index (χ0n) is 11.5. The van der Waals surface area contributed by atoms with Crippen molar-refractivity contribution in [2.45, 2.75) is 13.3 Å². The van der Waals surface area contributed by atoms with Crippen molar-refractivity contribution < 1.29 is 10.0 Å². The molecule has 1 rings (SSSR count). The van der Waals surface area contributed by atoms with E-state index >= 15 is 0 Å². The molecule has 0 unspecified atom stereocenters. The van der Waals surface area contributed by atoms with E-state index in [9.17, 15) is 10.1 Å². The Morgan fingerprint density at radius 2 is 2.15 bits per heavy atom. The molecule has 1 aromatic rings. The molecule has 0 amide bonds. The molecule has 0 fully saturated rings. The number of anilines is 2. The molecule has 8 nitrogen and oxygen atoms in total. The van der Waals surface area contributed by atoms with Gasteiger partial charge in [-0.3, -0.25) is 10.1 Å². The molecule has 112 valence electrons. The van der Waals surface area contributed by atoms with E-state index in [4.69, 9.17) is 5.11 Å². The van der Waals surface area contributed by atoms with Gasteiger partial charge >= 0.3 is 5.69 Å². The molecule has 0 atom stereocenters. The fourth-order valence-corrected chi connectivity index (χ4v) is 2.31. The number of hydrogen-bond donors (Lipinski definition) is 3. The fraction of sp³-hybridized carbons (Fsp3) is 0.636. The zero-order chi connectivity index (χ0) is 15.0. The summed E-state index contributed by atoms with van der Waals surface area (Å²) in [4.78, 5) is 18.7. The van der Waals surface area contributed by atoms with Crippen molar-refractivity contribution in [2.24, 2.45) is 0 Å². The van der Waals surface area contributed by atoms with Gasteiger partial charge in [0.15, 0.2) is 0 Å². The third kappa shape index (κ3) is 4.82. The minimum Gasteiger partial charge on any atom is -0.396 e. The van der Waals surface area contributed by atoms with Crippen LogP contribution in [-0.4, -0.2) is 51.7 Å². The highest BCUT2D eigenvalue weighted by molar-refractivity contribution is 7.99. The predicted octanol–water partition coefficient (Wildman–Crippen LogP) is 1.26. The van der Waals surface area contributed by atoms with Crippen LogP contribution in [0.3, 0.4) is 0 Å². The molecular formula is C11H19N5O3S. The van der Waals surface area contributed by atoms with Crippen LogP contribution in [0.1, 0.15) is 12.1 Å². The quantitative estimate of drug-likeness (QED) is 0.355. The van der Waals surface area contributed by atoms with Gasteiger partial charge in [0, 0.05) is 26.0 Å². The maximum absolute atomic E-state index is 11.0. The van der Waals surface area contributed by atoms with Crippen molar-refractivity contribution in [3.63, 3.8) is 0 Å². The molecular weight excluding hydrogens is 282 g/mol. The number of aliphatic hydroxyl groups is 1. The summed E-state index contributed by atoms with van der Waals surface area (Å²) in [6, 6.07) is 0. The second-order valence-electron chi connectivity index (χ2n) is 3.95. The molecule has 1 heterocycles. The summed E-state index contributed by atoms with van der Waals surface area (Å²) in [6.45, 7) is 2.33. The SMILES string of the molecule is CNc1nc(C)c([N+](=O)[O-])c(NCCSCCCO)n1. The molecule has 1 aromatic heterocycles. The molecule has 0 spiro atoms. The largest absolute Gasteiger partial charge is 0.396 e. The first-order valence-corrected chi connectivity index (χ1v) is 7.39. The fourth-order valence-electron chi connectivity index (χ4n) is 1.53. The van der Waals surface area contributed by atoms with Crippen LogP contribution in [0.5, 0.6) is 0 Å².